The van der Waals surface area contributed by atoms with Crippen molar-refractivity contribution in [2.24, 2.45) is 5.14 Å². The van der Waals surface area contributed by atoms with Crippen LogP contribution in [0.5, 0.6) is 0 Å². The number of hydrogen-bond donors (Lipinski definition) is 1. The number of nitrogens with zero attached hydrogens (tertiary/aromatic N) is 2. The molecule has 0 spiro atoms. The Kier molecular flexibility index (Phi) is 2.61. The molecule has 0 aliphatic heterocycles. The number of pyridine rings is 1. The van der Waals surface area contributed by atoms with Crippen molar-refractivity contribution >= 4 is 17.6 Å². The van der Waals surface area contributed by atoms with E-state index in [1.807, 2.05) is 0 Å². The third-order valence-electron chi connectivity index (χ3n) is 1.28. The van der Waals surface area contributed by atoms with Crippen LogP contribution in [0.2, 0.25) is 0 Å². The molecule has 5 nitrogen and oxygen atoms in total. The highest BCUT2D eigenvalue weighted by molar-refractivity contribution is 7.97. The highest BCUT2D eigenvalue weighted by Gasteiger charge is 2.14. The predicted octanol–water partition coefficient (Wildman–Crippen LogP) is 1.26. The van der Waals surface area contributed by atoms with Crippen LogP contribution in [0.25, 0.3) is 0 Å². The molecule has 0 radical (unpaired) electrons. The third kappa shape index (κ3) is 1.72. The van der Waals surface area contributed by atoms with Gasteiger partial charge in [-0.25, -0.2) is 4.98 Å². The normalized spacial score (nSPS) is 9.83. The Morgan fingerprint density at radius 1 is 1.75 bits per heavy atom. The van der Waals surface area contributed by atoms with Crippen LogP contribution in [-0.4, -0.2) is 9.91 Å². The van der Waals surface area contributed by atoms with Gasteiger partial charge in [0.25, 0.3) is 0 Å². The lowest BCUT2D eigenvalue weighted by Gasteiger charge is -1.97. The largest absolute Gasteiger partial charge is 0.302 e. The first-order valence-corrected chi connectivity index (χ1v) is 4.01. The lowest BCUT2D eigenvalue weighted by atomic mass is 10.3. The maximum absolute atomic E-state index is 10.4. The van der Waals surface area contributed by atoms with E-state index >= 15 is 0 Å². The van der Waals surface area contributed by atoms with Crippen molar-refractivity contribution in [2.45, 2.75) is 11.9 Å². The molecule has 1 heterocycles. The molecule has 0 aliphatic rings. The number of aryl methyl sites for hydroxylation is 1. The highest BCUT2D eigenvalue weighted by Crippen LogP contribution is 2.23. The Labute approximate surface area is 73.3 Å². The third-order valence-corrected chi connectivity index (χ3v) is 1.82. The summed E-state index contributed by atoms with van der Waals surface area (Å²) in [6, 6.07) is 1.45. The summed E-state index contributed by atoms with van der Waals surface area (Å²) >= 11 is 0.780. The van der Waals surface area contributed by atoms with E-state index in [1.165, 1.54) is 6.07 Å². The highest BCUT2D eigenvalue weighted by atomic mass is 32.2. The SMILES string of the molecule is Cc1cnc(SN)c([N+](=O)[O-])c1. The molecular weight excluding hydrogens is 178 g/mol. The predicted molar refractivity (Wildman–Crippen MR) is 45.7 cm³/mol. The Bertz CT molecular complexity index is 316. The van der Waals surface area contributed by atoms with Crippen molar-refractivity contribution in [1.82, 2.24) is 4.98 Å². The van der Waals surface area contributed by atoms with Crippen LogP contribution in [0.1, 0.15) is 5.56 Å². The number of nitrogens with two attached hydrogens (primary N) is 1. The van der Waals surface area contributed by atoms with Gasteiger partial charge in [0.1, 0.15) is 0 Å². The minimum atomic E-state index is -0.491. The number of hydrogen-bond acceptors (Lipinski definition) is 5. The van der Waals surface area contributed by atoms with Gasteiger partial charge in [-0.2, -0.15) is 0 Å². The van der Waals surface area contributed by atoms with Gasteiger partial charge in [0.2, 0.25) is 0 Å². The lowest BCUT2D eigenvalue weighted by molar-refractivity contribution is -0.388. The Morgan fingerprint density at radius 2 is 2.42 bits per heavy atom. The topological polar surface area (TPSA) is 82.0 Å². The second-order valence-corrected chi connectivity index (χ2v) is 2.83. The van der Waals surface area contributed by atoms with Crippen molar-refractivity contribution in [3.63, 3.8) is 0 Å². The van der Waals surface area contributed by atoms with Crippen molar-refractivity contribution in [3.8, 4) is 0 Å². The standard InChI is InChI=1S/C6H7N3O2S/c1-4-2-5(9(10)11)6(12-7)8-3-4/h2-3H,7H2,1H3. The number of aromatic nitrogens is 1. The summed E-state index contributed by atoms with van der Waals surface area (Å²) in [7, 11) is 0. The summed E-state index contributed by atoms with van der Waals surface area (Å²) in [6.45, 7) is 1.74. The maximum atomic E-state index is 10.4. The summed E-state index contributed by atoms with van der Waals surface area (Å²) in [5, 5.41) is 15.9. The van der Waals surface area contributed by atoms with Gasteiger partial charge in [-0.05, 0) is 24.4 Å². The van der Waals surface area contributed by atoms with Crippen LogP contribution < -0.4 is 5.14 Å². The van der Waals surface area contributed by atoms with E-state index in [2.05, 4.69) is 4.98 Å². The van der Waals surface area contributed by atoms with Crippen molar-refractivity contribution in [3.05, 3.63) is 27.9 Å². The molecule has 1 rings (SSSR count). The van der Waals surface area contributed by atoms with Gasteiger partial charge < -0.3 is 0 Å². The fourth-order valence-electron chi connectivity index (χ4n) is 0.763. The van der Waals surface area contributed by atoms with Gasteiger partial charge in [-0.3, -0.25) is 15.3 Å². The van der Waals surface area contributed by atoms with Crippen molar-refractivity contribution in [1.29, 1.82) is 0 Å². The molecule has 1 aromatic rings. The van der Waals surface area contributed by atoms with Gasteiger partial charge in [0.05, 0.1) is 4.92 Å². The van der Waals surface area contributed by atoms with Gasteiger partial charge in [0.15, 0.2) is 5.03 Å². The second-order valence-electron chi connectivity index (χ2n) is 2.21. The minimum absolute atomic E-state index is 0.0394. The number of rotatable bonds is 2. The smallest absolute Gasteiger partial charge is 0.272 e. The van der Waals surface area contributed by atoms with Gasteiger partial charge in [0, 0.05) is 12.3 Å². The maximum Gasteiger partial charge on any atom is 0.302 e. The Balaban J connectivity index is 3.21. The van der Waals surface area contributed by atoms with E-state index in [0.29, 0.717) is 0 Å². The first-order chi connectivity index (χ1) is 5.65. The van der Waals surface area contributed by atoms with E-state index in [9.17, 15) is 10.1 Å². The molecule has 1 aromatic heterocycles. The molecule has 0 saturated heterocycles. The summed E-state index contributed by atoms with van der Waals surface area (Å²) in [4.78, 5) is 13.8. The molecule has 0 aliphatic carbocycles. The summed E-state index contributed by atoms with van der Waals surface area (Å²) < 4.78 is 0. The van der Waals surface area contributed by atoms with Gasteiger partial charge >= 0.3 is 5.69 Å². The zero-order chi connectivity index (χ0) is 9.14. The molecule has 6 heteroatoms. The molecule has 0 unspecified atom stereocenters. The molecule has 64 valence electrons. The average Bonchev–Trinajstić information content (AvgIpc) is 2.04. The molecule has 0 atom stereocenters. The first kappa shape index (κ1) is 8.95. The molecule has 0 saturated carbocycles. The molecular formula is C6H7N3O2S. The fourth-order valence-corrected chi connectivity index (χ4v) is 1.13. The van der Waals surface area contributed by atoms with Crippen LogP contribution in [0, 0.1) is 17.0 Å². The van der Waals surface area contributed by atoms with Crippen LogP contribution in [0.4, 0.5) is 5.69 Å². The summed E-state index contributed by atoms with van der Waals surface area (Å²) in [5.41, 5.74) is 0.710. The molecule has 0 amide bonds. The zero-order valence-electron chi connectivity index (χ0n) is 6.35. The quantitative estimate of drug-likeness (QED) is 0.426. The van der Waals surface area contributed by atoms with Crippen LogP contribution in [0.3, 0.4) is 0 Å². The van der Waals surface area contributed by atoms with Crippen LogP contribution >= 0.6 is 11.9 Å². The molecule has 0 bridgehead atoms. The van der Waals surface area contributed by atoms with E-state index < -0.39 is 4.92 Å². The van der Waals surface area contributed by atoms with Crippen LogP contribution in [0.15, 0.2) is 17.3 Å². The first-order valence-electron chi connectivity index (χ1n) is 3.13. The van der Waals surface area contributed by atoms with Gasteiger partial charge in [-0.1, -0.05) is 0 Å². The summed E-state index contributed by atoms with van der Waals surface area (Å²) in [5.74, 6) is 0. The monoisotopic (exact) mass is 185 g/mol. The van der Waals surface area contributed by atoms with E-state index in [4.69, 9.17) is 5.14 Å². The van der Waals surface area contributed by atoms with Crippen molar-refractivity contribution in [2.75, 3.05) is 0 Å². The van der Waals surface area contributed by atoms with Crippen molar-refractivity contribution < 1.29 is 4.92 Å². The lowest BCUT2D eigenvalue weighted by Crippen LogP contribution is -1.95. The second kappa shape index (κ2) is 3.51. The molecule has 12 heavy (non-hydrogen) atoms. The van der Waals surface area contributed by atoms with E-state index in [-0.39, 0.29) is 10.7 Å². The van der Waals surface area contributed by atoms with E-state index in [0.717, 1.165) is 17.5 Å². The number of nitro groups is 1. The Morgan fingerprint density at radius 3 is 2.92 bits per heavy atom. The molecule has 0 aromatic carbocycles. The van der Waals surface area contributed by atoms with Gasteiger partial charge in [-0.15, -0.1) is 0 Å². The molecule has 0 fully saturated rings. The zero-order valence-corrected chi connectivity index (χ0v) is 7.17. The summed E-state index contributed by atoms with van der Waals surface area (Å²) in [6.07, 6.45) is 1.54. The molecule has 2 N–H and O–H groups in total. The Hall–Kier alpha value is -1.14. The average molecular weight is 185 g/mol. The van der Waals surface area contributed by atoms with Crippen LogP contribution in [-0.2, 0) is 0 Å². The van der Waals surface area contributed by atoms with E-state index in [1.54, 1.807) is 13.1 Å². The fraction of sp³-hybridized carbons (Fsp3) is 0.167. The minimum Gasteiger partial charge on any atom is -0.272 e.